The summed E-state index contributed by atoms with van der Waals surface area (Å²) in [5.41, 5.74) is 0.0665. The molecule has 1 rings (SSSR count). The van der Waals surface area contributed by atoms with Crippen LogP contribution in [0, 0.1) is 16.0 Å². The second-order valence-electron chi connectivity index (χ2n) is 4.77. The van der Waals surface area contributed by atoms with E-state index in [0.29, 0.717) is 24.1 Å². The lowest BCUT2D eigenvalue weighted by molar-refractivity contribution is -0.384. The van der Waals surface area contributed by atoms with E-state index in [2.05, 4.69) is 24.1 Å². The summed E-state index contributed by atoms with van der Waals surface area (Å²) in [6.45, 7) is 7.80. The summed E-state index contributed by atoms with van der Waals surface area (Å²) < 4.78 is 0. The van der Waals surface area contributed by atoms with Crippen molar-refractivity contribution in [1.29, 1.82) is 0 Å². The van der Waals surface area contributed by atoms with Gasteiger partial charge in [-0.05, 0) is 18.9 Å². The van der Waals surface area contributed by atoms with E-state index < -0.39 is 0 Å². The molecule has 0 atom stereocenters. The van der Waals surface area contributed by atoms with Gasteiger partial charge in [-0.1, -0.05) is 26.7 Å². The van der Waals surface area contributed by atoms with E-state index in [1.54, 1.807) is 13.1 Å². The van der Waals surface area contributed by atoms with E-state index in [-0.39, 0.29) is 10.6 Å². The molecule has 1 N–H and O–H groups in total. The van der Waals surface area contributed by atoms with Crippen LogP contribution in [0.2, 0.25) is 0 Å². The molecule has 0 unspecified atom stereocenters. The molecule has 0 aliphatic rings. The number of nitrogens with one attached hydrogen (secondary N) is 1. The monoisotopic (exact) mass is 280 g/mol. The zero-order valence-electron chi connectivity index (χ0n) is 12.7. The first-order valence-electron chi connectivity index (χ1n) is 7.15. The third kappa shape index (κ3) is 3.82. The molecule has 6 nitrogen and oxygen atoms in total. The molecule has 0 amide bonds. The second kappa shape index (κ2) is 7.67. The number of hydrogen-bond acceptors (Lipinski definition) is 5. The average Bonchev–Trinajstić information content (AvgIpc) is 2.48. The van der Waals surface area contributed by atoms with Crippen LogP contribution < -0.4 is 10.2 Å². The van der Waals surface area contributed by atoms with E-state index in [9.17, 15) is 10.1 Å². The van der Waals surface area contributed by atoms with Crippen molar-refractivity contribution in [2.24, 2.45) is 5.92 Å². The molecular formula is C14H24N4O2. The quantitative estimate of drug-likeness (QED) is 0.584. The predicted octanol–water partition coefficient (Wildman–Crippen LogP) is 3.29. The van der Waals surface area contributed by atoms with Gasteiger partial charge in [0.2, 0.25) is 5.82 Å². The Morgan fingerprint density at radius 2 is 2.00 bits per heavy atom. The molecule has 0 aliphatic carbocycles. The van der Waals surface area contributed by atoms with Gasteiger partial charge in [-0.3, -0.25) is 10.1 Å². The van der Waals surface area contributed by atoms with Crippen LogP contribution in [0.5, 0.6) is 0 Å². The Kier molecular flexibility index (Phi) is 6.21. The fourth-order valence-electron chi connectivity index (χ4n) is 2.18. The number of rotatable bonds is 8. The molecule has 6 heteroatoms. The van der Waals surface area contributed by atoms with Crippen molar-refractivity contribution in [3.05, 3.63) is 22.2 Å². The lowest BCUT2D eigenvalue weighted by Gasteiger charge is -2.26. The van der Waals surface area contributed by atoms with Crippen molar-refractivity contribution < 1.29 is 4.92 Å². The molecule has 0 aliphatic heterocycles. The molecule has 20 heavy (non-hydrogen) atoms. The van der Waals surface area contributed by atoms with Crippen molar-refractivity contribution in [3.8, 4) is 0 Å². The number of nitrogens with zero attached hydrogens (tertiary/aromatic N) is 3. The van der Waals surface area contributed by atoms with Crippen LogP contribution in [-0.2, 0) is 0 Å². The van der Waals surface area contributed by atoms with Gasteiger partial charge in [0, 0.05) is 26.2 Å². The maximum absolute atomic E-state index is 11.2. The SMILES string of the molecule is CCC(CC)CN(CC)c1nc(NC)ccc1[N+](=O)[O-]. The summed E-state index contributed by atoms with van der Waals surface area (Å²) in [6, 6.07) is 3.15. The summed E-state index contributed by atoms with van der Waals surface area (Å²) in [5, 5.41) is 14.1. The van der Waals surface area contributed by atoms with E-state index in [1.807, 2.05) is 11.8 Å². The maximum atomic E-state index is 11.2. The van der Waals surface area contributed by atoms with Gasteiger partial charge < -0.3 is 10.2 Å². The van der Waals surface area contributed by atoms with Gasteiger partial charge in [-0.25, -0.2) is 4.98 Å². The fourth-order valence-corrected chi connectivity index (χ4v) is 2.18. The summed E-state index contributed by atoms with van der Waals surface area (Å²) in [5.74, 6) is 1.62. The largest absolute Gasteiger partial charge is 0.373 e. The van der Waals surface area contributed by atoms with E-state index in [1.165, 1.54) is 6.07 Å². The Morgan fingerprint density at radius 1 is 1.35 bits per heavy atom. The third-order valence-electron chi connectivity index (χ3n) is 3.62. The minimum atomic E-state index is -0.364. The Labute approximate surface area is 120 Å². The van der Waals surface area contributed by atoms with Crippen molar-refractivity contribution in [2.45, 2.75) is 33.6 Å². The second-order valence-corrected chi connectivity index (χ2v) is 4.77. The Hall–Kier alpha value is -1.85. The van der Waals surface area contributed by atoms with Crippen molar-refractivity contribution >= 4 is 17.3 Å². The third-order valence-corrected chi connectivity index (χ3v) is 3.62. The van der Waals surface area contributed by atoms with E-state index >= 15 is 0 Å². The normalized spacial score (nSPS) is 10.7. The van der Waals surface area contributed by atoms with Gasteiger partial charge in [-0.15, -0.1) is 0 Å². The minimum absolute atomic E-state index is 0.0665. The zero-order valence-corrected chi connectivity index (χ0v) is 12.7. The molecular weight excluding hydrogens is 256 g/mol. The molecule has 112 valence electrons. The summed E-state index contributed by atoms with van der Waals surface area (Å²) in [4.78, 5) is 17.2. The first-order chi connectivity index (χ1) is 9.57. The highest BCUT2D eigenvalue weighted by Gasteiger charge is 2.22. The van der Waals surface area contributed by atoms with Crippen LogP contribution in [0.3, 0.4) is 0 Å². The predicted molar refractivity (Wildman–Crippen MR) is 82.4 cm³/mol. The van der Waals surface area contributed by atoms with Crippen LogP contribution in [-0.4, -0.2) is 30.0 Å². The van der Waals surface area contributed by atoms with Gasteiger partial charge >= 0.3 is 5.69 Å². The van der Waals surface area contributed by atoms with Crippen molar-refractivity contribution in [1.82, 2.24) is 4.98 Å². The topological polar surface area (TPSA) is 71.3 Å². The molecule has 0 aromatic carbocycles. The first-order valence-corrected chi connectivity index (χ1v) is 7.15. The Balaban J connectivity index is 3.14. The highest BCUT2D eigenvalue weighted by molar-refractivity contribution is 5.61. The summed E-state index contributed by atoms with van der Waals surface area (Å²) in [6.07, 6.45) is 2.12. The standard InChI is InChI=1S/C14H24N4O2/c1-5-11(6-2)10-17(7-3)14-12(18(19)20)8-9-13(15-4)16-14/h8-9,11H,5-7,10H2,1-4H3,(H,15,16). The molecule has 0 spiro atoms. The van der Waals surface area contributed by atoms with Crippen molar-refractivity contribution in [3.63, 3.8) is 0 Å². The van der Waals surface area contributed by atoms with Gasteiger partial charge in [0.05, 0.1) is 4.92 Å². The van der Waals surface area contributed by atoms with Gasteiger partial charge in [0.25, 0.3) is 0 Å². The number of aromatic nitrogens is 1. The average molecular weight is 280 g/mol. The molecule has 1 aromatic heterocycles. The van der Waals surface area contributed by atoms with E-state index in [4.69, 9.17) is 0 Å². The summed E-state index contributed by atoms with van der Waals surface area (Å²) >= 11 is 0. The van der Waals surface area contributed by atoms with Crippen LogP contribution in [0.15, 0.2) is 12.1 Å². The van der Waals surface area contributed by atoms with E-state index in [0.717, 1.165) is 19.4 Å². The van der Waals surface area contributed by atoms with Crippen LogP contribution in [0.1, 0.15) is 33.6 Å². The van der Waals surface area contributed by atoms with Crippen LogP contribution in [0.4, 0.5) is 17.3 Å². The fraction of sp³-hybridized carbons (Fsp3) is 0.643. The zero-order chi connectivity index (χ0) is 15.1. The van der Waals surface area contributed by atoms with Gasteiger partial charge in [0.1, 0.15) is 5.82 Å². The Morgan fingerprint density at radius 3 is 2.45 bits per heavy atom. The molecule has 0 bridgehead atoms. The minimum Gasteiger partial charge on any atom is -0.373 e. The lowest BCUT2D eigenvalue weighted by atomic mass is 10.0. The van der Waals surface area contributed by atoms with Gasteiger partial charge in [-0.2, -0.15) is 0 Å². The first kappa shape index (κ1) is 16.2. The summed E-state index contributed by atoms with van der Waals surface area (Å²) in [7, 11) is 1.76. The van der Waals surface area contributed by atoms with Gasteiger partial charge in [0.15, 0.2) is 0 Å². The molecule has 1 aromatic rings. The lowest BCUT2D eigenvalue weighted by Crippen LogP contribution is -2.30. The number of anilines is 2. The number of hydrogen-bond donors (Lipinski definition) is 1. The smallest absolute Gasteiger partial charge is 0.311 e. The molecule has 0 saturated carbocycles. The molecule has 0 fully saturated rings. The molecule has 1 heterocycles. The highest BCUT2D eigenvalue weighted by atomic mass is 16.6. The van der Waals surface area contributed by atoms with Crippen LogP contribution >= 0.6 is 0 Å². The highest BCUT2D eigenvalue weighted by Crippen LogP contribution is 2.28. The van der Waals surface area contributed by atoms with Crippen molar-refractivity contribution in [2.75, 3.05) is 30.4 Å². The number of nitro groups is 1. The Bertz CT molecular complexity index is 447. The van der Waals surface area contributed by atoms with Crippen LogP contribution in [0.25, 0.3) is 0 Å². The molecule has 0 saturated heterocycles. The maximum Gasteiger partial charge on any atom is 0.311 e. The number of pyridine rings is 1. The molecule has 0 radical (unpaired) electrons.